The fraction of sp³-hybridized carbons (Fsp3) is 0.462. The number of nitrogens with one attached hydrogen (secondary N) is 1. The topological polar surface area (TPSA) is 41.6 Å². The number of carbonyl (C=O) groups excluding carboxylic acids is 1. The van der Waals surface area contributed by atoms with E-state index in [2.05, 4.69) is 5.32 Å². The normalized spacial score (nSPS) is 19.0. The van der Waals surface area contributed by atoms with Crippen molar-refractivity contribution in [3.05, 3.63) is 29.6 Å². The Labute approximate surface area is 114 Å². The number of hydrogen-bond donors (Lipinski definition) is 1. The number of rotatable bonds is 3. The Morgan fingerprint density at radius 3 is 2.65 bits per heavy atom. The van der Waals surface area contributed by atoms with Crippen LogP contribution < -0.4 is 10.2 Å². The van der Waals surface area contributed by atoms with Crippen molar-refractivity contribution in [3.8, 4) is 0 Å². The highest BCUT2D eigenvalue weighted by Gasteiger charge is 2.33. The average molecular weight is 288 g/mol. The number of ether oxygens (including phenoxy) is 1. The van der Waals surface area contributed by atoms with Gasteiger partial charge in [-0.3, -0.25) is 0 Å². The Hall–Kier alpha value is -1.76. The molecule has 1 aromatic rings. The van der Waals surface area contributed by atoms with Crippen molar-refractivity contribution in [2.45, 2.75) is 13.0 Å². The summed E-state index contributed by atoms with van der Waals surface area (Å²) in [5.41, 5.74) is -0.397. The summed E-state index contributed by atoms with van der Waals surface area (Å²) < 4.78 is 45.5. The largest absolute Gasteiger partial charge is 0.464 e. The molecule has 0 spiro atoms. The molecule has 1 aliphatic rings. The van der Waals surface area contributed by atoms with Gasteiger partial charge < -0.3 is 15.0 Å². The molecular weight excluding hydrogens is 273 g/mol. The van der Waals surface area contributed by atoms with Gasteiger partial charge in [0.2, 0.25) is 0 Å². The summed E-state index contributed by atoms with van der Waals surface area (Å²) in [5.74, 6) is -3.62. The molecule has 1 saturated heterocycles. The molecule has 7 heteroatoms. The van der Waals surface area contributed by atoms with Crippen molar-refractivity contribution in [3.63, 3.8) is 0 Å². The summed E-state index contributed by atoms with van der Waals surface area (Å²) in [6.45, 7) is 2.74. The van der Waals surface area contributed by atoms with E-state index in [0.29, 0.717) is 18.7 Å². The molecule has 1 fully saturated rings. The van der Waals surface area contributed by atoms with Crippen molar-refractivity contribution in [1.82, 2.24) is 5.32 Å². The lowest BCUT2D eigenvalue weighted by molar-refractivity contribution is -0.144. The lowest BCUT2D eigenvalue weighted by Gasteiger charge is -2.36. The fourth-order valence-electron chi connectivity index (χ4n) is 2.23. The molecule has 1 N–H and O–H groups in total. The van der Waals surface area contributed by atoms with Gasteiger partial charge in [0, 0.05) is 31.8 Å². The van der Waals surface area contributed by atoms with Crippen LogP contribution >= 0.6 is 0 Å². The molecule has 1 atom stereocenters. The van der Waals surface area contributed by atoms with E-state index >= 15 is 0 Å². The van der Waals surface area contributed by atoms with Crippen molar-refractivity contribution in [1.29, 1.82) is 0 Å². The van der Waals surface area contributed by atoms with Crippen LogP contribution in [0, 0.1) is 17.5 Å². The summed E-state index contributed by atoms with van der Waals surface area (Å²) in [6.07, 6.45) is 0. The van der Waals surface area contributed by atoms with Crippen LogP contribution in [0.4, 0.5) is 18.9 Å². The van der Waals surface area contributed by atoms with E-state index < -0.39 is 35.2 Å². The molecule has 1 aliphatic heterocycles. The number of anilines is 1. The van der Waals surface area contributed by atoms with E-state index in [4.69, 9.17) is 4.74 Å². The zero-order chi connectivity index (χ0) is 14.7. The smallest absolute Gasteiger partial charge is 0.330 e. The van der Waals surface area contributed by atoms with Crippen molar-refractivity contribution in [2.24, 2.45) is 0 Å². The van der Waals surface area contributed by atoms with Gasteiger partial charge in [-0.2, -0.15) is 0 Å². The highest BCUT2D eigenvalue weighted by molar-refractivity contribution is 5.81. The Morgan fingerprint density at radius 1 is 1.40 bits per heavy atom. The third-order valence-corrected chi connectivity index (χ3v) is 3.07. The number of halogens is 3. The summed E-state index contributed by atoms with van der Waals surface area (Å²) in [6, 6.07) is 0.365. The number of nitrogens with zero attached hydrogens (tertiary/aromatic N) is 1. The number of carbonyl (C=O) groups is 1. The van der Waals surface area contributed by atoms with E-state index in [0.717, 1.165) is 0 Å². The van der Waals surface area contributed by atoms with Crippen LogP contribution in [0.2, 0.25) is 0 Å². The first-order valence-corrected chi connectivity index (χ1v) is 6.33. The molecule has 20 heavy (non-hydrogen) atoms. The highest BCUT2D eigenvalue weighted by Crippen LogP contribution is 2.27. The van der Waals surface area contributed by atoms with E-state index in [9.17, 15) is 18.0 Å². The van der Waals surface area contributed by atoms with Crippen LogP contribution in [0.1, 0.15) is 6.92 Å². The van der Waals surface area contributed by atoms with Gasteiger partial charge in [-0.1, -0.05) is 0 Å². The zero-order valence-electron chi connectivity index (χ0n) is 11.0. The van der Waals surface area contributed by atoms with Gasteiger partial charge in [0.1, 0.15) is 17.5 Å². The number of piperazine rings is 1. The van der Waals surface area contributed by atoms with Crippen LogP contribution in [-0.4, -0.2) is 38.3 Å². The minimum Gasteiger partial charge on any atom is -0.464 e. The summed E-state index contributed by atoms with van der Waals surface area (Å²) >= 11 is 0. The highest BCUT2D eigenvalue weighted by atomic mass is 19.1. The first-order chi connectivity index (χ1) is 9.54. The van der Waals surface area contributed by atoms with Crippen LogP contribution in [-0.2, 0) is 9.53 Å². The SMILES string of the molecule is CCOC(=O)C1CNCCN1c1c(F)cc(F)cc1F. The molecule has 110 valence electrons. The predicted octanol–water partition coefficient (Wildman–Crippen LogP) is 1.45. The minimum atomic E-state index is -1.03. The van der Waals surface area contributed by atoms with E-state index in [1.807, 2.05) is 0 Å². The van der Waals surface area contributed by atoms with Crippen molar-refractivity contribution < 1.29 is 22.7 Å². The maximum Gasteiger partial charge on any atom is 0.330 e. The van der Waals surface area contributed by atoms with Crippen LogP contribution in [0.15, 0.2) is 12.1 Å². The van der Waals surface area contributed by atoms with Gasteiger partial charge in [-0.05, 0) is 6.92 Å². The van der Waals surface area contributed by atoms with Crippen LogP contribution in [0.25, 0.3) is 0 Å². The quantitative estimate of drug-likeness (QED) is 0.855. The van der Waals surface area contributed by atoms with E-state index in [1.54, 1.807) is 6.92 Å². The Kier molecular flexibility index (Phi) is 4.49. The number of esters is 1. The van der Waals surface area contributed by atoms with Gasteiger partial charge in [0.25, 0.3) is 0 Å². The van der Waals surface area contributed by atoms with Crippen LogP contribution in [0.5, 0.6) is 0 Å². The van der Waals surface area contributed by atoms with Crippen molar-refractivity contribution >= 4 is 11.7 Å². The molecule has 0 aliphatic carbocycles. The summed E-state index contributed by atoms with van der Waals surface area (Å²) in [7, 11) is 0. The molecule has 1 heterocycles. The second-order valence-electron chi connectivity index (χ2n) is 4.38. The van der Waals surface area contributed by atoms with E-state index in [-0.39, 0.29) is 19.7 Å². The Bertz CT molecular complexity index is 487. The predicted molar refractivity (Wildman–Crippen MR) is 67.0 cm³/mol. The third kappa shape index (κ3) is 2.87. The number of hydrogen-bond acceptors (Lipinski definition) is 4. The Morgan fingerprint density at radius 2 is 2.05 bits per heavy atom. The Balaban J connectivity index is 2.35. The van der Waals surface area contributed by atoms with E-state index in [1.165, 1.54) is 4.90 Å². The second kappa shape index (κ2) is 6.13. The first-order valence-electron chi connectivity index (χ1n) is 6.33. The lowest BCUT2D eigenvalue weighted by Crippen LogP contribution is -2.56. The monoisotopic (exact) mass is 288 g/mol. The minimum absolute atomic E-state index is 0.178. The standard InChI is InChI=1S/C13H15F3N2O2/c1-2-20-13(19)11-7-17-3-4-18(11)12-9(15)5-8(14)6-10(12)16/h5-6,11,17H,2-4,7H2,1H3. The maximum absolute atomic E-state index is 13.8. The fourth-order valence-corrected chi connectivity index (χ4v) is 2.23. The maximum atomic E-state index is 13.8. The third-order valence-electron chi connectivity index (χ3n) is 3.07. The molecular formula is C13H15F3N2O2. The lowest BCUT2D eigenvalue weighted by atomic mass is 10.1. The number of benzene rings is 1. The summed E-state index contributed by atoms with van der Waals surface area (Å²) in [5, 5.41) is 2.96. The summed E-state index contributed by atoms with van der Waals surface area (Å²) in [4.78, 5) is 13.1. The molecule has 0 aromatic heterocycles. The second-order valence-corrected chi connectivity index (χ2v) is 4.38. The van der Waals surface area contributed by atoms with Gasteiger partial charge in [0.15, 0.2) is 11.6 Å². The van der Waals surface area contributed by atoms with Crippen LogP contribution in [0.3, 0.4) is 0 Å². The molecule has 0 saturated carbocycles. The molecule has 0 amide bonds. The van der Waals surface area contributed by atoms with Gasteiger partial charge >= 0.3 is 5.97 Å². The first kappa shape index (κ1) is 14.6. The molecule has 0 radical (unpaired) electrons. The zero-order valence-corrected chi connectivity index (χ0v) is 11.0. The molecule has 2 rings (SSSR count). The van der Waals surface area contributed by atoms with Gasteiger partial charge in [0.05, 0.1) is 6.61 Å². The van der Waals surface area contributed by atoms with Gasteiger partial charge in [-0.25, -0.2) is 18.0 Å². The molecule has 0 bridgehead atoms. The molecule has 1 unspecified atom stereocenters. The van der Waals surface area contributed by atoms with Crippen molar-refractivity contribution in [2.75, 3.05) is 31.1 Å². The van der Waals surface area contributed by atoms with Gasteiger partial charge in [-0.15, -0.1) is 0 Å². The average Bonchev–Trinajstić information content (AvgIpc) is 2.38. The molecule has 1 aromatic carbocycles. The molecule has 4 nitrogen and oxygen atoms in total.